The van der Waals surface area contributed by atoms with Gasteiger partial charge in [0.2, 0.25) is 0 Å². The third-order valence-corrected chi connectivity index (χ3v) is 7.21. The van der Waals surface area contributed by atoms with Crippen molar-refractivity contribution in [2.24, 2.45) is 11.8 Å². The largest absolute Gasteiger partial charge is 0.356 e. The molecule has 0 radical (unpaired) electrons. The van der Waals surface area contributed by atoms with Crippen molar-refractivity contribution < 1.29 is 8.42 Å². The van der Waals surface area contributed by atoms with E-state index in [1.165, 1.54) is 0 Å². The van der Waals surface area contributed by atoms with E-state index >= 15 is 0 Å². The van der Waals surface area contributed by atoms with Gasteiger partial charge in [-0.3, -0.25) is 0 Å². The quantitative estimate of drug-likeness (QED) is 0.830. The van der Waals surface area contributed by atoms with E-state index in [0.717, 1.165) is 36.1 Å². The minimum Gasteiger partial charge on any atom is -0.356 e. The summed E-state index contributed by atoms with van der Waals surface area (Å²) in [5, 5.41) is 1.01. The summed E-state index contributed by atoms with van der Waals surface area (Å²) in [5.41, 5.74) is 0.832. The normalized spacial score (nSPS) is 22.3. The molecule has 6 nitrogen and oxygen atoms in total. The standard InChI is InChI=1S/C17H26N4O2S/c1-4-12(2)9-24(22,23)10-13-7-14(8-13)21(3)17-15-5-6-18-16(15)19-11-20-17/h5-6,11-14H,4,7-10H2,1-3H3,(H,18,19,20)/t12?,13-,14+. The first-order valence-corrected chi connectivity index (χ1v) is 10.4. The lowest BCUT2D eigenvalue weighted by Crippen LogP contribution is -2.45. The van der Waals surface area contributed by atoms with Crippen LogP contribution in [0.25, 0.3) is 11.0 Å². The lowest BCUT2D eigenvalue weighted by Gasteiger charge is -2.41. The molecule has 0 bridgehead atoms. The molecule has 1 unspecified atom stereocenters. The minimum atomic E-state index is -2.94. The number of hydrogen-bond acceptors (Lipinski definition) is 5. The second-order valence-electron chi connectivity index (χ2n) is 7.13. The molecular weight excluding hydrogens is 324 g/mol. The third kappa shape index (κ3) is 3.55. The van der Waals surface area contributed by atoms with E-state index in [2.05, 4.69) is 19.9 Å². The lowest BCUT2D eigenvalue weighted by molar-refractivity contribution is 0.282. The van der Waals surface area contributed by atoms with Gasteiger partial charge >= 0.3 is 0 Å². The number of fused-ring (bicyclic) bond motifs is 1. The molecule has 2 heterocycles. The Balaban J connectivity index is 1.59. The van der Waals surface area contributed by atoms with Gasteiger partial charge < -0.3 is 9.88 Å². The van der Waals surface area contributed by atoms with E-state index in [4.69, 9.17) is 0 Å². The van der Waals surface area contributed by atoms with E-state index in [0.29, 0.717) is 17.5 Å². The van der Waals surface area contributed by atoms with Crippen LogP contribution in [0.15, 0.2) is 18.6 Å². The van der Waals surface area contributed by atoms with Gasteiger partial charge in [0, 0.05) is 19.3 Å². The second kappa shape index (κ2) is 6.70. The van der Waals surface area contributed by atoms with E-state index in [-0.39, 0.29) is 11.8 Å². The van der Waals surface area contributed by atoms with Crippen LogP contribution in [0.4, 0.5) is 5.82 Å². The first-order chi connectivity index (χ1) is 11.4. The minimum absolute atomic E-state index is 0.247. The average Bonchev–Trinajstić information content (AvgIpc) is 2.97. The molecule has 0 amide bonds. The molecule has 132 valence electrons. The summed E-state index contributed by atoms with van der Waals surface area (Å²) in [4.78, 5) is 13.9. The van der Waals surface area contributed by atoms with Crippen LogP contribution in [-0.2, 0) is 9.84 Å². The zero-order valence-electron chi connectivity index (χ0n) is 14.6. The van der Waals surface area contributed by atoms with Gasteiger partial charge in [0.25, 0.3) is 0 Å². The number of aromatic nitrogens is 3. The molecule has 1 N–H and O–H groups in total. The van der Waals surface area contributed by atoms with E-state index in [1.807, 2.05) is 33.2 Å². The van der Waals surface area contributed by atoms with Crippen molar-refractivity contribution in [3.63, 3.8) is 0 Å². The predicted octanol–water partition coefficient (Wildman–Crippen LogP) is 2.63. The summed E-state index contributed by atoms with van der Waals surface area (Å²) in [6.07, 6.45) is 6.16. The molecule has 1 atom stereocenters. The molecule has 2 aromatic heterocycles. The monoisotopic (exact) mass is 350 g/mol. The number of anilines is 1. The van der Waals surface area contributed by atoms with Gasteiger partial charge in [-0.15, -0.1) is 0 Å². The van der Waals surface area contributed by atoms with Gasteiger partial charge in [-0.25, -0.2) is 18.4 Å². The van der Waals surface area contributed by atoms with Crippen LogP contribution < -0.4 is 4.90 Å². The smallest absolute Gasteiger partial charge is 0.150 e. The molecular formula is C17H26N4O2S. The molecule has 24 heavy (non-hydrogen) atoms. The fraction of sp³-hybridized carbons (Fsp3) is 0.647. The maximum atomic E-state index is 12.3. The summed E-state index contributed by atoms with van der Waals surface area (Å²) < 4.78 is 24.5. The molecule has 0 saturated heterocycles. The summed E-state index contributed by atoms with van der Waals surface area (Å²) in [5.74, 6) is 2.07. The molecule has 1 saturated carbocycles. The van der Waals surface area contributed by atoms with Crippen LogP contribution in [0, 0.1) is 11.8 Å². The van der Waals surface area contributed by atoms with Gasteiger partial charge in [-0.1, -0.05) is 20.3 Å². The first kappa shape index (κ1) is 17.2. The Labute approximate surface area is 143 Å². The van der Waals surface area contributed by atoms with Gasteiger partial charge in [-0.05, 0) is 30.7 Å². The molecule has 3 rings (SSSR count). The van der Waals surface area contributed by atoms with Crippen molar-refractivity contribution in [3.8, 4) is 0 Å². The molecule has 1 aliphatic carbocycles. The number of H-pyrrole nitrogens is 1. The van der Waals surface area contributed by atoms with Crippen molar-refractivity contribution in [2.75, 3.05) is 23.5 Å². The lowest BCUT2D eigenvalue weighted by atomic mass is 9.81. The number of rotatable bonds is 7. The fourth-order valence-electron chi connectivity index (χ4n) is 3.44. The highest BCUT2D eigenvalue weighted by Crippen LogP contribution is 2.36. The Morgan fingerprint density at radius 1 is 1.38 bits per heavy atom. The van der Waals surface area contributed by atoms with E-state index < -0.39 is 9.84 Å². The van der Waals surface area contributed by atoms with E-state index in [1.54, 1.807) is 6.33 Å². The highest BCUT2D eigenvalue weighted by Gasteiger charge is 2.36. The van der Waals surface area contributed by atoms with Gasteiger partial charge in [0.15, 0.2) is 9.84 Å². The number of hydrogen-bond donors (Lipinski definition) is 1. The Bertz CT molecular complexity index is 796. The topological polar surface area (TPSA) is 79.0 Å². The Morgan fingerprint density at radius 2 is 2.12 bits per heavy atom. The number of nitrogens with one attached hydrogen (secondary N) is 1. The van der Waals surface area contributed by atoms with Crippen molar-refractivity contribution >= 4 is 26.7 Å². The number of sulfone groups is 1. The molecule has 2 aromatic rings. The first-order valence-electron chi connectivity index (χ1n) is 8.61. The highest BCUT2D eigenvalue weighted by atomic mass is 32.2. The van der Waals surface area contributed by atoms with Crippen molar-refractivity contribution in [1.29, 1.82) is 0 Å². The van der Waals surface area contributed by atoms with Crippen LogP contribution in [0.5, 0.6) is 0 Å². The summed E-state index contributed by atoms with van der Waals surface area (Å²) >= 11 is 0. The van der Waals surface area contributed by atoms with Crippen LogP contribution in [0.2, 0.25) is 0 Å². The van der Waals surface area contributed by atoms with Crippen LogP contribution >= 0.6 is 0 Å². The summed E-state index contributed by atoms with van der Waals surface area (Å²) in [6.45, 7) is 4.05. The molecule has 0 spiro atoms. The van der Waals surface area contributed by atoms with Gasteiger partial charge in [-0.2, -0.15) is 0 Å². The van der Waals surface area contributed by atoms with E-state index in [9.17, 15) is 8.42 Å². The van der Waals surface area contributed by atoms with Crippen LogP contribution in [0.1, 0.15) is 33.1 Å². The molecule has 1 fully saturated rings. The maximum absolute atomic E-state index is 12.3. The molecule has 1 aliphatic rings. The molecule has 0 aliphatic heterocycles. The fourth-order valence-corrected chi connectivity index (χ4v) is 5.67. The molecule has 7 heteroatoms. The highest BCUT2D eigenvalue weighted by molar-refractivity contribution is 7.91. The van der Waals surface area contributed by atoms with Gasteiger partial charge in [0.1, 0.15) is 17.8 Å². The van der Waals surface area contributed by atoms with Gasteiger partial charge in [0.05, 0.1) is 16.9 Å². The third-order valence-electron chi connectivity index (χ3n) is 5.15. The summed E-state index contributed by atoms with van der Waals surface area (Å²) in [7, 11) is -0.911. The Hall–Kier alpha value is -1.63. The van der Waals surface area contributed by atoms with Crippen molar-refractivity contribution in [1.82, 2.24) is 15.0 Å². The zero-order chi connectivity index (χ0) is 17.3. The second-order valence-corrected chi connectivity index (χ2v) is 9.28. The van der Waals surface area contributed by atoms with Crippen molar-refractivity contribution in [3.05, 3.63) is 18.6 Å². The predicted molar refractivity (Wildman–Crippen MR) is 96.9 cm³/mol. The van der Waals surface area contributed by atoms with Crippen LogP contribution in [-0.4, -0.2) is 48.0 Å². The summed E-state index contributed by atoms with van der Waals surface area (Å²) in [6, 6.07) is 2.33. The SMILES string of the molecule is CCC(C)CS(=O)(=O)C[C@H]1C[C@@H](N(C)c2ncnc3[nH]ccc23)C1. The maximum Gasteiger partial charge on any atom is 0.150 e. The number of nitrogens with zero attached hydrogens (tertiary/aromatic N) is 3. The number of aromatic amines is 1. The van der Waals surface area contributed by atoms with Crippen molar-refractivity contribution in [2.45, 2.75) is 39.2 Å². The Kier molecular flexibility index (Phi) is 4.80. The zero-order valence-corrected chi connectivity index (χ0v) is 15.4. The van der Waals surface area contributed by atoms with Crippen LogP contribution in [0.3, 0.4) is 0 Å². The Morgan fingerprint density at radius 3 is 2.83 bits per heavy atom. The molecule has 0 aromatic carbocycles. The average molecular weight is 350 g/mol.